The first-order valence-corrected chi connectivity index (χ1v) is 8.05. The minimum atomic E-state index is -0.533. The van der Waals surface area contributed by atoms with Gasteiger partial charge in [-0.1, -0.05) is 13.8 Å². The molecule has 0 saturated heterocycles. The third kappa shape index (κ3) is 4.01. The van der Waals surface area contributed by atoms with E-state index >= 15 is 0 Å². The van der Waals surface area contributed by atoms with E-state index in [0.717, 1.165) is 36.4 Å². The van der Waals surface area contributed by atoms with Gasteiger partial charge in [0.05, 0.1) is 16.3 Å². The van der Waals surface area contributed by atoms with E-state index in [4.69, 9.17) is 0 Å². The van der Waals surface area contributed by atoms with Gasteiger partial charge in [0.15, 0.2) is 0 Å². The van der Waals surface area contributed by atoms with Crippen molar-refractivity contribution in [2.24, 2.45) is 5.41 Å². The Morgan fingerprint density at radius 1 is 1.37 bits per heavy atom. The Morgan fingerprint density at radius 2 is 2.00 bits per heavy atom. The lowest BCUT2D eigenvalue weighted by Gasteiger charge is -2.40. The average Bonchev–Trinajstić information content (AvgIpc) is 2.78. The summed E-state index contributed by atoms with van der Waals surface area (Å²) in [5.41, 5.74) is 0.945. The zero-order valence-electron chi connectivity index (χ0n) is 12.5. The predicted molar refractivity (Wildman–Crippen MR) is 80.5 cm³/mol. The number of aromatic nitrogens is 1. The van der Waals surface area contributed by atoms with E-state index in [0.29, 0.717) is 12.0 Å². The average molecular weight is 282 g/mol. The monoisotopic (exact) mass is 282 g/mol. The van der Waals surface area contributed by atoms with Crippen LogP contribution in [0.4, 0.5) is 0 Å². The molecule has 1 aromatic heterocycles. The zero-order chi connectivity index (χ0) is 14.1. The molecule has 3 nitrogen and oxygen atoms in total. The standard InChI is InChI=1S/C15H26N2OS/c1-11(13-9-19-12(2)17-13)16-10-15(18)7-5-14(3,4)6-8-15/h9,11,16,18H,5-8,10H2,1-4H3. The van der Waals surface area contributed by atoms with Crippen LogP contribution in [0.1, 0.15) is 63.2 Å². The lowest BCUT2D eigenvalue weighted by molar-refractivity contribution is -0.0258. The lowest BCUT2D eigenvalue weighted by Crippen LogP contribution is -2.45. The molecule has 108 valence electrons. The first kappa shape index (κ1) is 14.9. The fourth-order valence-electron chi connectivity index (χ4n) is 2.60. The van der Waals surface area contributed by atoms with E-state index < -0.39 is 5.60 Å². The summed E-state index contributed by atoms with van der Waals surface area (Å²) in [5, 5.41) is 17.3. The molecule has 1 aliphatic rings. The fraction of sp³-hybridized carbons (Fsp3) is 0.800. The zero-order valence-corrected chi connectivity index (χ0v) is 13.3. The molecule has 2 N–H and O–H groups in total. The van der Waals surface area contributed by atoms with Crippen LogP contribution in [-0.2, 0) is 0 Å². The second-order valence-corrected chi connectivity index (χ2v) is 7.84. The van der Waals surface area contributed by atoms with Gasteiger partial charge >= 0.3 is 0 Å². The molecule has 0 radical (unpaired) electrons. The number of nitrogens with zero attached hydrogens (tertiary/aromatic N) is 1. The van der Waals surface area contributed by atoms with Gasteiger partial charge in [-0.05, 0) is 44.9 Å². The Morgan fingerprint density at radius 3 is 2.53 bits per heavy atom. The van der Waals surface area contributed by atoms with Gasteiger partial charge in [-0.25, -0.2) is 4.98 Å². The van der Waals surface area contributed by atoms with Gasteiger partial charge in [0.2, 0.25) is 0 Å². The minimum absolute atomic E-state index is 0.212. The topological polar surface area (TPSA) is 45.2 Å². The Labute approximate surface area is 120 Å². The third-order valence-electron chi connectivity index (χ3n) is 4.35. The molecule has 0 aliphatic heterocycles. The smallest absolute Gasteiger partial charge is 0.0898 e. The molecular weight excluding hydrogens is 256 g/mol. The summed E-state index contributed by atoms with van der Waals surface area (Å²) in [6.07, 6.45) is 4.01. The van der Waals surface area contributed by atoms with Crippen LogP contribution in [0.5, 0.6) is 0 Å². The highest BCUT2D eigenvalue weighted by Gasteiger charge is 2.36. The second kappa shape index (κ2) is 5.51. The number of aryl methyl sites for hydroxylation is 1. The van der Waals surface area contributed by atoms with Crippen LogP contribution >= 0.6 is 11.3 Å². The quantitative estimate of drug-likeness (QED) is 0.889. The molecular formula is C15H26N2OS. The highest BCUT2D eigenvalue weighted by atomic mass is 32.1. The minimum Gasteiger partial charge on any atom is -0.389 e. The van der Waals surface area contributed by atoms with Gasteiger partial charge in [-0.2, -0.15) is 0 Å². The van der Waals surface area contributed by atoms with Gasteiger partial charge in [0, 0.05) is 18.0 Å². The summed E-state index contributed by atoms with van der Waals surface area (Å²) < 4.78 is 0. The third-order valence-corrected chi connectivity index (χ3v) is 5.14. The van der Waals surface area contributed by atoms with Crippen molar-refractivity contribution in [1.29, 1.82) is 0 Å². The van der Waals surface area contributed by atoms with E-state index in [9.17, 15) is 5.11 Å². The van der Waals surface area contributed by atoms with Crippen molar-refractivity contribution in [1.82, 2.24) is 10.3 Å². The largest absolute Gasteiger partial charge is 0.389 e. The molecule has 0 amide bonds. The molecule has 1 aromatic rings. The first-order valence-electron chi connectivity index (χ1n) is 7.18. The number of aliphatic hydroxyl groups is 1. The summed E-state index contributed by atoms with van der Waals surface area (Å²) in [5.74, 6) is 0. The molecule has 1 atom stereocenters. The number of hydrogen-bond donors (Lipinski definition) is 2. The first-order chi connectivity index (χ1) is 8.80. The number of hydrogen-bond acceptors (Lipinski definition) is 4. The SMILES string of the molecule is Cc1nc(C(C)NCC2(O)CCC(C)(C)CC2)cs1. The molecule has 2 rings (SSSR count). The van der Waals surface area contributed by atoms with Gasteiger partial charge in [-0.3, -0.25) is 0 Å². The van der Waals surface area contributed by atoms with Crippen LogP contribution < -0.4 is 5.32 Å². The summed E-state index contributed by atoms with van der Waals surface area (Å²) in [7, 11) is 0. The molecule has 1 heterocycles. The summed E-state index contributed by atoms with van der Waals surface area (Å²) in [6.45, 7) is 9.39. The van der Waals surface area contributed by atoms with E-state index in [1.54, 1.807) is 11.3 Å². The molecule has 0 bridgehead atoms. The number of nitrogens with one attached hydrogen (secondary N) is 1. The molecule has 1 saturated carbocycles. The lowest BCUT2D eigenvalue weighted by atomic mass is 9.71. The summed E-state index contributed by atoms with van der Waals surface area (Å²) >= 11 is 1.68. The van der Waals surface area contributed by atoms with Crippen molar-refractivity contribution in [3.05, 3.63) is 16.1 Å². The molecule has 19 heavy (non-hydrogen) atoms. The van der Waals surface area contributed by atoms with Crippen LogP contribution in [0.15, 0.2) is 5.38 Å². The summed E-state index contributed by atoms with van der Waals surface area (Å²) in [6, 6.07) is 0.212. The molecule has 1 aliphatic carbocycles. The van der Waals surface area contributed by atoms with Crippen molar-refractivity contribution in [2.75, 3.05) is 6.54 Å². The Bertz CT molecular complexity index is 418. The van der Waals surface area contributed by atoms with Crippen LogP contribution in [0.2, 0.25) is 0 Å². The normalized spacial score (nSPS) is 23.2. The second-order valence-electron chi connectivity index (χ2n) is 6.78. The Hall–Kier alpha value is -0.450. The maximum atomic E-state index is 10.6. The van der Waals surface area contributed by atoms with Crippen molar-refractivity contribution in [3.8, 4) is 0 Å². The van der Waals surface area contributed by atoms with Crippen LogP contribution in [0.25, 0.3) is 0 Å². The maximum Gasteiger partial charge on any atom is 0.0898 e. The van der Waals surface area contributed by atoms with E-state index in [1.165, 1.54) is 0 Å². The molecule has 4 heteroatoms. The van der Waals surface area contributed by atoms with Crippen LogP contribution in [-0.4, -0.2) is 22.2 Å². The number of rotatable bonds is 4. The molecule has 0 aromatic carbocycles. The predicted octanol–water partition coefficient (Wildman–Crippen LogP) is 3.43. The van der Waals surface area contributed by atoms with Crippen molar-refractivity contribution in [3.63, 3.8) is 0 Å². The van der Waals surface area contributed by atoms with Crippen LogP contribution in [0.3, 0.4) is 0 Å². The van der Waals surface area contributed by atoms with Crippen molar-refractivity contribution in [2.45, 2.75) is 65.0 Å². The molecule has 0 spiro atoms. The van der Waals surface area contributed by atoms with Gasteiger partial charge in [0.25, 0.3) is 0 Å². The van der Waals surface area contributed by atoms with Crippen LogP contribution in [0, 0.1) is 12.3 Å². The fourth-order valence-corrected chi connectivity index (χ4v) is 3.30. The molecule has 1 unspecified atom stereocenters. The van der Waals surface area contributed by atoms with Gasteiger partial charge in [-0.15, -0.1) is 11.3 Å². The van der Waals surface area contributed by atoms with Gasteiger partial charge < -0.3 is 10.4 Å². The molecule has 1 fully saturated rings. The highest BCUT2D eigenvalue weighted by Crippen LogP contribution is 2.40. The highest BCUT2D eigenvalue weighted by molar-refractivity contribution is 7.09. The maximum absolute atomic E-state index is 10.6. The van der Waals surface area contributed by atoms with E-state index in [2.05, 4.69) is 36.5 Å². The Balaban J connectivity index is 1.85. The van der Waals surface area contributed by atoms with E-state index in [-0.39, 0.29) is 6.04 Å². The van der Waals surface area contributed by atoms with Gasteiger partial charge in [0.1, 0.15) is 0 Å². The Kier molecular flexibility index (Phi) is 4.33. The van der Waals surface area contributed by atoms with Crippen molar-refractivity contribution < 1.29 is 5.11 Å². The van der Waals surface area contributed by atoms with E-state index in [1.807, 2.05) is 6.92 Å². The number of thiazole rings is 1. The van der Waals surface area contributed by atoms with Crippen molar-refractivity contribution >= 4 is 11.3 Å². The summed E-state index contributed by atoms with van der Waals surface area (Å²) in [4.78, 5) is 4.49.